The number of hydrogen-bond donors (Lipinski definition) is 1. The minimum Gasteiger partial charge on any atom is -0.369 e. The third-order valence-electron chi connectivity index (χ3n) is 2.12. The molecule has 2 heterocycles. The highest BCUT2D eigenvalue weighted by atomic mass is 32.1. The van der Waals surface area contributed by atoms with Gasteiger partial charge in [-0.05, 0) is 6.42 Å². The molecule has 16 heavy (non-hydrogen) atoms. The van der Waals surface area contributed by atoms with Crippen molar-refractivity contribution >= 4 is 17.2 Å². The molecule has 0 aromatic carbocycles. The molecular formula is C11H14N4S. The van der Waals surface area contributed by atoms with Crippen molar-refractivity contribution in [2.24, 2.45) is 0 Å². The van der Waals surface area contributed by atoms with Crippen molar-refractivity contribution in [3.8, 4) is 0 Å². The van der Waals surface area contributed by atoms with Crippen molar-refractivity contribution in [2.45, 2.75) is 19.8 Å². The number of aromatic nitrogens is 3. The second-order valence-corrected chi connectivity index (χ2v) is 4.36. The standard InChI is InChI=1S/C11H14N4S/c1-2-3-14-11-9(12-4-5-15-11)8-10-13-6-7-16-10/h4-7H,2-3,8H2,1H3,(H,14,15). The molecule has 0 saturated carbocycles. The van der Waals surface area contributed by atoms with Crippen molar-refractivity contribution in [2.75, 3.05) is 11.9 Å². The lowest BCUT2D eigenvalue weighted by atomic mass is 10.3. The molecule has 0 spiro atoms. The molecule has 5 heteroatoms. The van der Waals surface area contributed by atoms with Crippen LogP contribution in [0.3, 0.4) is 0 Å². The van der Waals surface area contributed by atoms with E-state index in [1.54, 1.807) is 23.7 Å². The fourth-order valence-corrected chi connectivity index (χ4v) is 1.99. The molecule has 2 rings (SSSR count). The monoisotopic (exact) mass is 234 g/mol. The molecule has 2 aromatic heterocycles. The first-order chi connectivity index (χ1) is 7.90. The van der Waals surface area contributed by atoms with Crippen molar-refractivity contribution < 1.29 is 0 Å². The summed E-state index contributed by atoms with van der Waals surface area (Å²) in [5.74, 6) is 0.875. The molecule has 0 bridgehead atoms. The van der Waals surface area contributed by atoms with E-state index in [-0.39, 0.29) is 0 Å². The van der Waals surface area contributed by atoms with Crippen LogP contribution in [0.15, 0.2) is 24.0 Å². The first kappa shape index (κ1) is 11.0. The lowest BCUT2D eigenvalue weighted by molar-refractivity contribution is 0.942. The van der Waals surface area contributed by atoms with E-state index in [4.69, 9.17) is 0 Å². The Morgan fingerprint density at radius 3 is 2.81 bits per heavy atom. The molecule has 0 atom stereocenters. The van der Waals surface area contributed by atoms with E-state index in [0.29, 0.717) is 0 Å². The van der Waals surface area contributed by atoms with E-state index in [1.165, 1.54) is 0 Å². The van der Waals surface area contributed by atoms with Gasteiger partial charge in [0.15, 0.2) is 0 Å². The van der Waals surface area contributed by atoms with Crippen molar-refractivity contribution in [3.05, 3.63) is 34.7 Å². The Morgan fingerprint density at radius 2 is 2.06 bits per heavy atom. The number of thiazole rings is 1. The molecule has 0 saturated heterocycles. The van der Waals surface area contributed by atoms with E-state index in [0.717, 1.165) is 35.9 Å². The lowest BCUT2D eigenvalue weighted by Gasteiger charge is -2.07. The summed E-state index contributed by atoms with van der Waals surface area (Å²) < 4.78 is 0. The Kier molecular flexibility index (Phi) is 3.82. The smallest absolute Gasteiger partial charge is 0.148 e. The third-order valence-corrected chi connectivity index (χ3v) is 2.90. The maximum atomic E-state index is 4.35. The van der Waals surface area contributed by atoms with Gasteiger partial charge in [-0.2, -0.15) is 0 Å². The van der Waals surface area contributed by atoms with E-state index in [9.17, 15) is 0 Å². The summed E-state index contributed by atoms with van der Waals surface area (Å²) in [6, 6.07) is 0. The summed E-state index contributed by atoms with van der Waals surface area (Å²) >= 11 is 1.64. The molecule has 4 nitrogen and oxygen atoms in total. The summed E-state index contributed by atoms with van der Waals surface area (Å²) in [4.78, 5) is 12.9. The normalized spacial score (nSPS) is 10.3. The minimum atomic E-state index is 0.748. The van der Waals surface area contributed by atoms with E-state index in [2.05, 4.69) is 27.2 Å². The van der Waals surface area contributed by atoms with Crippen LogP contribution in [0.25, 0.3) is 0 Å². The van der Waals surface area contributed by atoms with Gasteiger partial charge in [0.25, 0.3) is 0 Å². The van der Waals surface area contributed by atoms with E-state index < -0.39 is 0 Å². The third kappa shape index (κ3) is 2.76. The summed E-state index contributed by atoms with van der Waals surface area (Å²) in [6.45, 7) is 3.05. The zero-order chi connectivity index (χ0) is 11.2. The van der Waals surface area contributed by atoms with Crippen LogP contribution < -0.4 is 5.32 Å². The van der Waals surface area contributed by atoms with Crippen molar-refractivity contribution in [1.82, 2.24) is 15.0 Å². The Bertz CT molecular complexity index is 427. The molecule has 0 aliphatic carbocycles. The van der Waals surface area contributed by atoms with Crippen LogP contribution in [0.5, 0.6) is 0 Å². The molecule has 84 valence electrons. The van der Waals surface area contributed by atoms with Gasteiger partial charge in [-0.3, -0.25) is 4.98 Å². The van der Waals surface area contributed by atoms with Crippen LogP contribution in [0.2, 0.25) is 0 Å². The Hall–Kier alpha value is -1.49. The predicted octanol–water partition coefficient (Wildman–Crippen LogP) is 2.35. The quantitative estimate of drug-likeness (QED) is 0.862. The topological polar surface area (TPSA) is 50.7 Å². The molecule has 2 aromatic rings. The molecule has 0 radical (unpaired) electrons. The fraction of sp³-hybridized carbons (Fsp3) is 0.364. The number of rotatable bonds is 5. The number of nitrogens with zero attached hydrogens (tertiary/aromatic N) is 3. The summed E-state index contributed by atoms with van der Waals surface area (Å²) in [6.07, 6.45) is 7.07. The summed E-state index contributed by atoms with van der Waals surface area (Å²) in [7, 11) is 0. The van der Waals surface area contributed by atoms with Crippen LogP contribution in [-0.2, 0) is 6.42 Å². The van der Waals surface area contributed by atoms with Gasteiger partial charge in [0.05, 0.1) is 10.7 Å². The average molecular weight is 234 g/mol. The van der Waals surface area contributed by atoms with Gasteiger partial charge in [0, 0.05) is 36.9 Å². The predicted molar refractivity (Wildman–Crippen MR) is 65.7 cm³/mol. The van der Waals surface area contributed by atoms with Gasteiger partial charge in [-0.15, -0.1) is 11.3 Å². The summed E-state index contributed by atoms with van der Waals surface area (Å²) in [5, 5.41) is 6.33. The highest BCUT2D eigenvalue weighted by molar-refractivity contribution is 7.09. The molecule has 0 aliphatic heterocycles. The highest BCUT2D eigenvalue weighted by Crippen LogP contribution is 2.15. The van der Waals surface area contributed by atoms with Crippen LogP contribution in [0, 0.1) is 0 Å². The lowest BCUT2D eigenvalue weighted by Crippen LogP contribution is -2.07. The Labute approximate surface area is 98.8 Å². The van der Waals surface area contributed by atoms with Gasteiger partial charge in [-0.25, -0.2) is 9.97 Å². The van der Waals surface area contributed by atoms with Gasteiger partial charge >= 0.3 is 0 Å². The molecule has 1 N–H and O–H groups in total. The SMILES string of the molecule is CCCNc1nccnc1Cc1nccs1. The number of nitrogens with one attached hydrogen (secondary N) is 1. The molecule has 0 unspecified atom stereocenters. The maximum Gasteiger partial charge on any atom is 0.148 e. The molecular weight excluding hydrogens is 220 g/mol. The molecule has 0 fully saturated rings. The number of anilines is 1. The first-order valence-corrected chi connectivity index (χ1v) is 6.20. The van der Waals surface area contributed by atoms with E-state index in [1.807, 2.05) is 11.6 Å². The molecule has 0 aliphatic rings. The fourth-order valence-electron chi connectivity index (χ4n) is 1.37. The second-order valence-electron chi connectivity index (χ2n) is 3.38. The Balaban J connectivity index is 2.13. The van der Waals surface area contributed by atoms with Crippen LogP contribution in [0.1, 0.15) is 24.0 Å². The van der Waals surface area contributed by atoms with Crippen molar-refractivity contribution in [1.29, 1.82) is 0 Å². The highest BCUT2D eigenvalue weighted by Gasteiger charge is 2.06. The van der Waals surface area contributed by atoms with Gasteiger partial charge < -0.3 is 5.32 Å². The second kappa shape index (κ2) is 5.55. The Morgan fingerprint density at radius 1 is 1.19 bits per heavy atom. The maximum absolute atomic E-state index is 4.35. The van der Waals surface area contributed by atoms with Gasteiger partial charge in [-0.1, -0.05) is 6.92 Å². The average Bonchev–Trinajstić information content (AvgIpc) is 2.81. The van der Waals surface area contributed by atoms with Gasteiger partial charge in [0.1, 0.15) is 5.82 Å². The molecule has 0 amide bonds. The minimum absolute atomic E-state index is 0.748. The first-order valence-electron chi connectivity index (χ1n) is 5.32. The largest absolute Gasteiger partial charge is 0.369 e. The zero-order valence-corrected chi connectivity index (χ0v) is 10.00. The van der Waals surface area contributed by atoms with Crippen LogP contribution in [-0.4, -0.2) is 21.5 Å². The van der Waals surface area contributed by atoms with Crippen molar-refractivity contribution in [3.63, 3.8) is 0 Å². The van der Waals surface area contributed by atoms with E-state index >= 15 is 0 Å². The van der Waals surface area contributed by atoms with Gasteiger partial charge in [0.2, 0.25) is 0 Å². The summed E-state index contributed by atoms with van der Waals surface area (Å²) in [5.41, 5.74) is 0.964. The van der Waals surface area contributed by atoms with Crippen LogP contribution in [0.4, 0.5) is 5.82 Å². The zero-order valence-electron chi connectivity index (χ0n) is 9.18. The number of hydrogen-bond acceptors (Lipinski definition) is 5. The van der Waals surface area contributed by atoms with Crippen LogP contribution >= 0.6 is 11.3 Å².